The molecule has 75 heavy (non-hydrogen) atoms. The van der Waals surface area contributed by atoms with Gasteiger partial charge in [-0.2, -0.15) is 0 Å². The number of hydrogen-bond acceptors (Lipinski definition) is 6. The molecule has 6 nitrogen and oxygen atoms in total. The van der Waals surface area contributed by atoms with Crippen LogP contribution in [0.5, 0.6) is 0 Å². The van der Waals surface area contributed by atoms with Crippen LogP contribution in [0.25, 0.3) is 0 Å². The summed E-state index contributed by atoms with van der Waals surface area (Å²) in [5, 5.41) is 0. The lowest BCUT2D eigenvalue weighted by Crippen LogP contribution is -2.30. The molecule has 0 aliphatic carbocycles. The van der Waals surface area contributed by atoms with Crippen molar-refractivity contribution in [3.05, 3.63) is 12.2 Å². The SMILES string of the molecule is CCCCCC/C=C\CCCCCCCC(=O)OCC(COC(=O)CCCCCCCCCCCCCCCCCCCCCCCC)OC(=O)CCCCCCCCCCCCCCCCCCCCCCCC. The molecule has 0 aromatic heterocycles. The standard InChI is InChI=1S/C69H132O6/c1-4-7-10-13-16-19-22-25-27-29-31-33-35-37-39-41-44-47-50-53-56-59-62-68(71)74-65-66(64-73-67(70)61-58-55-52-49-46-43-24-21-18-15-12-9-6-3)75-69(72)63-60-57-54-51-48-45-42-40-38-36-34-32-30-28-26-23-20-17-14-11-8-5-2/h21,24,66H,4-20,22-23,25-65H2,1-3H3/b24-21-. The molecule has 0 saturated heterocycles. The number of rotatable bonds is 64. The fraction of sp³-hybridized carbons (Fsp3) is 0.928. The van der Waals surface area contributed by atoms with Gasteiger partial charge in [0.1, 0.15) is 13.2 Å². The van der Waals surface area contributed by atoms with E-state index < -0.39 is 6.10 Å². The third-order valence-electron chi connectivity index (χ3n) is 15.8. The van der Waals surface area contributed by atoms with Crippen molar-refractivity contribution in [2.75, 3.05) is 13.2 Å². The van der Waals surface area contributed by atoms with Crippen molar-refractivity contribution in [2.24, 2.45) is 0 Å². The van der Waals surface area contributed by atoms with Crippen LogP contribution in [0.4, 0.5) is 0 Å². The molecule has 0 aliphatic rings. The van der Waals surface area contributed by atoms with E-state index in [1.165, 1.54) is 289 Å². The van der Waals surface area contributed by atoms with E-state index in [1.54, 1.807) is 0 Å². The maximum Gasteiger partial charge on any atom is 0.306 e. The number of ether oxygens (including phenoxy) is 3. The van der Waals surface area contributed by atoms with Gasteiger partial charge in [-0.15, -0.1) is 0 Å². The van der Waals surface area contributed by atoms with Crippen molar-refractivity contribution in [3.63, 3.8) is 0 Å². The first-order chi connectivity index (χ1) is 37.0. The second kappa shape index (κ2) is 64.7. The van der Waals surface area contributed by atoms with Crippen LogP contribution in [-0.4, -0.2) is 37.2 Å². The van der Waals surface area contributed by atoms with Gasteiger partial charge >= 0.3 is 17.9 Å². The van der Waals surface area contributed by atoms with E-state index in [1.807, 2.05) is 0 Å². The number of esters is 3. The maximum absolute atomic E-state index is 12.9. The van der Waals surface area contributed by atoms with Crippen LogP contribution >= 0.6 is 0 Å². The molecule has 0 aromatic rings. The molecule has 0 bridgehead atoms. The Morgan fingerprint density at radius 2 is 0.440 bits per heavy atom. The monoisotopic (exact) mass is 1060 g/mol. The summed E-state index contributed by atoms with van der Waals surface area (Å²) in [5.74, 6) is -0.841. The largest absolute Gasteiger partial charge is 0.462 e. The third kappa shape index (κ3) is 62.9. The van der Waals surface area contributed by atoms with Crippen molar-refractivity contribution < 1.29 is 28.6 Å². The van der Waals surface area contributed by atoms with Gasteiger partial charge in [0.2, 0.25) is 0 Å². The topological polar surface area (TPSA) is 78.9 Å². The zero-order valence-corrected chi connectivity index (χ0v) is 51.1. The van der Waals surface area contributed by atoms with E-state index in [0.29, 0.717) is 19.3 Å². The molecule has 0 amide bonds. The molecule has 0 spiro atoms. The number of unbranched alkanes of at least 4 members (excludes halogenated alkanes) is 51. The van der Waals surface area contributed by atoms with Crippen LogP contribution in [0.3, 0.4) is 0 Å². The highest BCUT2D eigenvalue weighted by molar-refractivity contribution is 5.71. The minimum absolute atomic E-state index is 0.0658. The third-order valence-corrected chi connectivity index (χ3v) is 15.8. The minimum atomic E-state index is -0.769. The molecule has 0 N–H and O–H groups in total. The zero-order valence-electron chi connectivity index (χ0n) is 51.1. The van der Waals surface area contributed by atoms with E-state index in [-0.39, 0.29) is 31.1 Å². The average molecular weight is 1060 g/mol. The van der Waals surface area contributed by atoms with Crippen molar-refractivity contribution >= 4 is 17.9 Å². The quantitative estimate of drug-likeness (QED) is 0.0261. The first kappa shape index (κ1) is 73.2. The summed E-state index contributed by atoms with van der Waals surface area (Å²) < 4.78 is 17.0. The van der Waals surface area contributed by atoms with E-state index in [2.05, 4.69) is 32.9 Å². The normalized spacial score (nSPS) is 12.0. The summed E-state index contributed by atoms with van der Waals surface area (Å²) in [6.45, 7) is 6.71. The van der Waals surface area contributed by atoms with Crippen LogP contribution < -0.4 is 0 Å². The summed E-state index contributed by atoms with van der Waals surface area (Å²) in [5.41, 5.74) is 0. The van der Waals surface area contributed by atoms with Crippen LogP contribution in [0.1, 0.15) is 393 Å². The molecule has 0 fully saturated rings. The predicted octanol–water partition coefficient (Wildman–Crippen LogP) is 23.2. The molecule has 0 aliphatic heterocycles. The van der Waals surface area contributed by atoms with Crippen molar-refractivity contribution in [1.82, 2.24) is 0 Å². The Bertz CT molecular complexity index is 1170. The summed E-state index contributed by atoms with van der Waals surface area (Å²) in [7, 11) is 0. The molecule has 0 rings (SSSR count). The fourth-order valence-electron chi connectivity index (χ4n) is 10.6. The van der Waals surface area contributed by atoms with E-state index >= 15 is 0 Å². The van der Waals surface area contributed by atoms with Crippen molar-refractivity contribution in [1.29, 1.82) is 0 Å². The Morgan fingerprint density at radius 1 is 0.253 bits per heavy atom. The van der Waals surface area contributed by atoms with E-state index in [0.717, 1.165) is 64.2 Å². The summed E-state index contributed by atoms with van der Waals surface area (Å²) >= 11 is 0. The first-order valence-electron chi connectivity index (χ1n) is 34.2. The lowest BCUT2D eigenvalue weighted by Gasteiger charge is -2.18. The maximum atomic E-state index is 12.9. The molecule has 0 radical (unpaired) electrons. The molecule has 0 heterocycles. The van der Waals surface area contributed by atoms with Crippen LogP contribution in [0, 0.1) is 0 Å². The summed E-state index contributed by atoms with van der Waals surface area (Å²) in [4.78, 5) is 38.4. The van der Waals surface area contributed by atoms with Gasteiger partial charge in [0.15, 0.2) is 6.10 Å². The molecule has 1 atom stereocenters. The van der Waals surface area contributed by atoms with Gasteiger partial charge in [-0.25, -0.2) is 0 Å². The number of carbonyl (C=O) groups excluding carboxylic acids is 3. The number of hydrogen-bond donors (Lipinski definition) is 0. The molecule has 0 saturated carbocycles. The highest BCUT2D eigenvalue weighted by Gasteiger charge is 2.19. The van der Waals surface area contributed by atoms with Gasteiger partial charge in [-0.05, 0) is 44.9 Å². The van der Waals surface area contributed by atoms with E-state index in [4.69, 9.17) is 14.2 Å². The molecule has 6 heteroatoms. The van der Waals surface area contributed by atoms with Gasteiger partial charge in [-0.1, -0.05) is 341 Å². The second-order valence-electron chi connectivity index (χ2n) is 23.5. The van der Waals surface area contributed by atoms with Gasteiger partial charge in [-0.3, -0.25) is 14.4 Å². The predicted molar refractivity (Wildman–Crippen MR) is 326 cm³/mol. The fourth-order valence-corrected chi connectivity index (χ4v) is 10.6. The minimum Gasteiger partial charge on any atom is -0.462 e. The van der Waals surface area contributed by atoms with Gasteiger partial charge in [0, 0.05) is 19.3 Å². The lowest BCUT2D eigenvalue weighted by atomic mass is 10.0. The first-order valence-corrected chi connectivity index (χ1v) is 34.2. The molecule has 444 valence electrons. The van der Waals surface area contributed by atoms with Crippen LogP contribution in [0.15, 0.2) is 12.2 Å². The van der Waals surface area contributed by atoms with Gasteiger partial charge in [0.25, 0.3) is 0 Å². The smallest absolute Gasteiger partial charge is 0.306 e. The number of carbonyl (C=O) groups is 3. The molecular formula is C69H132O6. The Morgan fingerprint density at radius 3 is 0.680 bits per heavy atom. The zero-order chi connectivity index (χ0) is 54.3. The van der Waals surface area contributed by atoms with Crippen molar-refractivity contribution in [2.45, 2.75) is 399 Å². The van der Waals surface area contributed by atoms with Gasteiger partial charge in [0.05, 0.1) is 0 Å². The lowest BCUT2D eigenvalue weighted by molar-refractivity contribution is -0.167. The average Bonchev–Trinajstić information content (AvgIpc) is 3.41. The van der Waals surface area contributed by atoms with Crippen molar-refractivity contribution in [3.8, 4) is 0 Å². The van der Waals surface area contributed by atoms with Crippen LogP contribution in [0.2, 0.25) is 0 Å². The summed E-state index contributed by atoms with van der Waals surface area (Å²) in [6.07, 6.45) is 76.6. The van der Waals surface area contributed by atoms with E-state index in [9.17, 15) is 14.4 Å². The van der Waals surface area contributed by atoms with Gasteiger partial charge < -0.3 is 14.2 Å². The Kier molecular flexibility index (Phi) is 63.1. The highest BCUT2D eigenvalue weighted by atomic mass is 16.6. The molecule has 1 unspecified atom stereocenters. The molecular weight excluding hydrogens is 925 g/mol. The Labute approximate surface area is 469 Å². The highest BCUT2D eigenvalue weighted by Crippen LogP contribution is 2.19. The summed E-state index contributed by atoms with van der Waals surface area (Å²) in [6, 6.07) is 0. The number of allylic oxidation sites excluding steroid dienone is 2. The molecule has 0 aromatic carbocycles. The Hall–Kier alpha value is -1.85. The second-order valence-corrected chi connectivity index (χ2v) is 23.5. The van der Waals surface area contributed by atoms with Crippen LogP contribution in [-0.2, 0) is 28.6 Å². The Balaban J connectivity index is 4.23.